The van der Waals surface area contributed by atoms with E-state index in [1.807, 2.05) is 35.2 Å². The highest BCUT2D eigenvalue weighted by Crippen LogP contribution is 2.26. The number of hydrogen-bond donors (Lipinski definition) is 1. The third-order valence-electron chi connectivity index (χ3n) is 3.20. The van der Waals surface area contributed by atoms with Crippen LogP contribution in [-0.4, -0.2) is 21.0 Å². The summed E-state index contributed by atoms with van der Waals surface area (Å²) in [7, 11) is 0. The molecule has 1 N–H and O–H groups in total. The molecule has 0 unspecified atom stereocenters. The van der Waals surface area contributed by atoms with Gasteiger partial charge in [0.15, 0.2) is 5.78 Å². The van der Waals surface area contributed by atoms with E-state index in [0.717, 1.165) is 10.6 Å². The molecule has 0 radical (unpaired) electrons. The van der Waals surface area contributed by atoms with Gasteiger partial charge in [0.2, 0.25) is 0 Å². The molecule has 3 rings (SSSR count). The molecule has 0 bridgehead atoms. The fraction of sp³-hybridized carbons (Fsp3) is 0.0625. The third-order valence-corrected chi connectivity index (χ3v) is 3.20. The second-order valence-electron chi connectivity index (χ2n) is 4.58. The van der Waals surface area contributed by atoms with Crippen LogP contribution in [-0.2, 0) is 11.3 Å². The Hall–Kier alpha value is -2.59. The maximum Gasteiger partial charge on any atom is 0.189 e. The summed E-state index contributed by atoms with van der Waals surface area (Å²) in [6.45, 7) is 0.595. The van der Waals surface area contributed by atoms with Gasteiger partial charge in [-0.25, -0.2) is 5.06 Å². The molecule has 100 valence electrons. The quantitative estimate of drug-likeness (QED) is 0.836. The molecule has 0 fully saturated rings. The average Bonchev–Trinajstić information content (AvgIpc) is 2.82. The molecule has 0 saturated heterocycles. The first-order valence-corrected chi connectivity index (χ1v) is 6.36. The summed E-state index contributed by atoms with van der Waals surface area (Å²) >= 11 is 0. The fourth-order valence-corrected chi connectivity index (χ4v) is 2.25. The van der Waals surface area contributed by atoms with Gasteiger partial charge in [0.25, 0.3) is 0 Å². The third kappa shape index (κ3) is 2.29. The summed E-state index contributed by atoms with van der Waals surface area (Å²) in [5, 5.41) is 10.9. The Morgan fingerprint density at radius 1 is 1.00 bits per heavy atom. The Morgan fingerprint density at radius 2 is 1.75 bits per heavy atom. The number of carbonyl (C=O) groups is 1. The zero-order chi connectivity index (χ0) is 13.9. The first-order chi connectivity index (χ1) is 9.75. The van der Waals surface area contributed by atoms with E-state index in [9.17, 15) is 10.0 Å². The summed E-state index contributed by atoms with van der Waals surface area (Å²) < 4.78 is 0. The highest BCUT2D eigenvalue weighted by molar-refractivity contribution is 6.07. The van der Waals surface area contributed by atoms with E-state index < -0.39 is 0 Å². The van der Waals surface area contributed by atoms with Crippen LogP contribution in [0.25, 0.3) is 0 Å². The van der Waals surface area contributed by atoms with Gasteiger partial charge >= 0.3 is 0 Å². The molecular weight excluding hydrogens is 252 g/mol. The van der Waals surface area contributed by atoms with Crippen molar-refractivity contribution in [3.8, 4) is 0 Å². The number of rotatable bonds is 2. The highest BCUT2D eigenvalue weighted by atomic mass is 16.5. The number of ketones is 1. The summed E-state index contributed by atoms with van der Waals surface area (Å²) in [5.41, 5.74) is 1.59. The van der Waals surface area contributed by atoms with Gasteiger partial charge in [0, 0.05) is 12.7 Å². The molecule has 1 aromatic rings. The van der Waals surface area contributed by atoms with Gasteiger partial charge in [-0.05, 0) is 17.7 Å². The minimum atomic E-state index is -0.108. The average molecular weight is 266 g/mol. The number of nitrogens with zero attached hydrogens (tertiary/aromatic N) is 2. The normalized spacial score (nSPS) is 21.1. The predicted molar refractivity (Wildman–Crippen MR) is 75.1 cm³/mol. The Bertz CT molecular complexity index is 642. The van der Waals surface area contributed by atoms with Gasteiger partial charge in [0.1, 0.15) is 5.82 Å². The van der Waals surface area contributed by atoms with Crippen molar-refractivity contribution in [3.05, 3.63) is 84.0 Å². The van der Waals surface area contributed by atoms with Crippen LogP contribution in [0.5, 0.6) is 0 Å². The SMILES string of the molecule is O=C1C=CC=C/C1=C1/N(O)C=CN1Cc1ccccc1. The lowest BCUT2D eigenvalue weighted by Gasteiger charge is -2.23. The highest BCUT2D eigenvalue weighted by Gasteiger charge is 2.25. The molecule has 4 nitrogen and oxygen atoms in total. The van der Waals surface area contributed by atoms with Crippen LogP contribution >= 0.6 is 0 Å². The van der Waals surface area contributed by atoms with E-state index in [4.69, 9.17) is 0 Å². The fourth-order valence-electron chi connectivity index (χ4n) is 2.25. The number of hydrogen-bond acceptors (Lipinski definition) is 4. The van der Waals surface area contributed by atoms with Crippen molar-refractivity contribution in [2.24, 2.45) is 0 Å². The number of carbonyl (C=O) groups excluding carboxylic acids is 1. The Morgan fingerprint density at radius 3 is 2.50 bits per heavy atom. The van der Waals surface area contributed by atoms with Crippen molar-refractivity contribution in [1.29, 1.82) is 0 Å². The maximum atomic E-state index is 11.9. The van der Waals surface area contributed by atoms with Crippen LogP contribution in [0.3, 0.4) is 0 Å². The lowest BCUT2D eigenvalue weighted by molar-refractivity contribution is -0.111. The van der Waals surface area contributed by atoms with Gasteiger partial charge in [0.05, 0.1) is 11.8 Å². The van der Waals surface area contributed by atoms with Crippen LogP contribution in [0.1, 0.15) is 5.56 Å². The second kappa shape index (κ2) is 5.19. The van der Waals surface area contributed by atoms with Gasteiger partial charge in [-0.15, -0.1) is 0 Å². The lowest BCUT2D eigenvalue weighted by atomic mass is 10.1. The van der Waals surface area contributed by atoms with E-state index in [2.05, 4.69) is 0 Å². The number of allylic oxidation sites excluding steroid dienone is 5. The number of benzene rings is 1. The monoisotopic (exact) mass is 266 g/mol. The standard InChI is InChI=1S/C16H14N2O2/c19-15-9-5-4-8-14(15)16-17(10-11-18(16)20)12-13-6-2-1-3-7-13/h1-11,20H,12H2/b16-14-. The molecular formula is C16H14N2O2. The van der Waals surface area contributed by atoms with E-state index in [1.165, 1.54) is 12.3 Å². The van der Waals surface area contributed by atoms with E-state index in [1.54, 1.807) is 24.4 Å². The molecule has 1 aromatic carbocycles. The first-order valence-electron chi connectivity index (χ1n) is 6.36. The predicted octanol–water partition coefficient (Wildman–Crippen LogP) is 2.57. The number of hydroxylamine groups is 2. The van der Waals surface area contributed by atoms with E-state index in [-0.39, 0.29) is 5.78 Å². The summed E-state index contributed by atoms with van der Waals surface area (Å²) in [5.74, 6) is 0.378. The minimum absolute atomic E-state index is 0.108. The van der Waals surface area contributed by atoms with Crippen LogP contribution in [0, 0.1) is 0 Å². The van der Waals surface area contributed by atoms with Crippen LogP contribution in [0.2, 0.25) is 0 Å². The van der Waals surface area contributed by atoms with Crippen molar-refractivity contribution in [2.75, 3.05) is 0 Å². The van der Waals surface area contributed by atoms with Gasteiger partial charge in [-0.2, -0.15) is 0 Å². The smallest absolute Gasteiger partial charge is 0.189 e. The van der Waals surface area contributed by atoms with Crippen LogP contribution < -0.4 is 0 Å². The molecule has 1 aliphatic carbocycles. The Balaban J connectivity index is 1.93. The molecule has 0 saturated carbocycles. The zero-order valence-corrected chi connectivity index (χ0v) is 10.8. The minimum Gasteiger partial charge on any atom is -0.326 e. The summed E-state index contributed by atoms with van der Waals surface area (Å²) in [6.07, 6.45) is 9.98. The van der Waals surface area contributed by atoms with Gasteiger partial charge in [-0.3, -0.25) is 10.0 Å². The largest absolute Gasteiger partial charge is 0.326 e. The molecule has 20 heavy (non-hydrogen) atoms. The van der Waals surface area contributed by atoms with E-state index >= 15 is 0 Å². The molecule has 4 heteroatoms. The Kier molecular flexibility index (Phi) is 3.23. The van der Waals surface area contributed by atoms with Crippen molar-refractivity contribution in [1.82, 2.24) is 9.96 Å². The Labute approximate surface area is 117 Å². The summed E-state index contributed by atoms with van der Waals surface area (Å²) in [4.78, 5) is 13.8. The van der Waals surface area contributed by atoms with Gasteiger partial charge < -0.3 is 4.90 Å². The second-order valence-corrected chi connectivity index (χ2v) is 4.58. The van der Waals surface area contributed by atoms with Crippen molar-refractivity contribution in [3.63, 3.8) is 0 Å². The zero-order valence-electron chi connectivity index (χ0n) is 10.8. The van der Waals surface area contributed by atoms with Crippen molar-refractivity contribution in [2.45, 2.75) is 6.54 Å². The van der Waals surface area contributed by atoms with E-state index in [0.29, 0.717) is 17.9 Å². The van der Waals surface area contributed by atoms with Crippen LogP contribution in [0.4, 0.5) is 0 Å². The van der Waals surface area contributed by atoms with Crippen molar-refractivity contribution >= 4 is 5.78 Å². The summed E-state index contributed by atoms with van der Waals surface area (Å²) in [6, 6.07) is 9.91. The molecule has 0 aromatic heterocycles. The molecule has 1 heterocycles. The molecule has 2 aliphatic rings. The lowest BCUT2D eigenvalue weighted by Crippen LogP contribution is -2.24. The first kappa shape index (κ1) is 12.4. The molecule has 0 amide bonds. The molecule has 0 atom stereocenters. The molecule has 0 spiro atoms. The molecule has 1 aliphatic heterocycles. The van der Waals surface area contributed by atoms with Crippen molar-refractivity contribution < 1.29 is 10.0 Å². The topological polar surface area (TPSA) is 43.8 Å². The van der Waals surface area contributed by atoms with Gasteiger partial charge in [-0.1, -0.05) is 42.5 Å². The van der Waals surface area contributed by atoms with Crippen LogP contribution in [0.15, 0.2) is 78.4 Å². The maximum absolute atomic E-state index is 11.9.